The lowest BCUT2D eigenvalue weighted by Gasteiger charge is -2.27. The molecule has 0 bridgehead atoms. The highest BCUT2D eigenvalue weighted by Gasteiger charge is 2.27. The number of aromatic nitrogens is 3. The number of carbonyl (C=O) groups excluding carboxylic acids is 1. The highest BCUT2D eigenvalue weighted by molar-refractivity contribution is 5.89. The summed E-state index contributed by atoms with van der Waals surface area (Å²) in [7, 11) is 0. The summed E-state index contributed by atoms with van der Waals surface area (Å²) in [4.78, 5) is 18.7. The summed E-state index contributed by atoms with van der Waals surface area (Å²) in [6.45, 7) is 1.28. The molecule has 0 atom stereocenters. The van der Waals surface area contributed by atoms with E-state index in [1.807, 2.05) is 29.2 Å². The van der Waals surface area contributed by atoms with Crippen molar-refractivity contribution in [3.8, 4) is 11.3 Å². The van der Waals surface area contributed by atoms with Crippen LogP contribution in [0.3, 0.4) is 0 Å². The molecule has 0 unspecified atom stereocenters. The Balaban J connectivity index is 1.39. The van der Waals surface area contributed by atoms with Gasteiger partial charge in [-0.3, -0.25) is 14.9 Å². The van der Waals surface area contributed by atoms with Crippen molar-refractivity contribution in [3.05, 3.63) is 83.8 Å². The first-order valence-electron chi connectivity index (χ1n) is 9.50. The van der Waals surface area contributed by atoms with Gasteiger partial charge in [0.1, 0.15) is 0 Å². The first-order chi connectivity index (χ1) is 13.8. The van der Waals surface area contributed by atoms with Crippen molar-refractivity contribution in [3.63, 3.8) is 0 Å². The maximum absolute atomic E-state index is 12.7. The Labute approximate surface area is 163 Å². The smallest absolute Gasteiger partial charge is 0.227 e. The van der Waals surface area contributed by atoms with Gasteiger partial charge in [0.2, 0.25) is 5.91 Å². The van der Waals surface area contributed by atoms with E-state index in [0.29, 0.717) is 19.5 Å². The predicted octanol–water partition coefficient (Wildman–Crippen LogP) is 3.75. The molecule has 4 aromatic rings. The van der Waals surface area contributed by atoms with E-state index in [1.165, 1.54) is 16.3 Å². The molecule has 5 heteroatoms. The van der Waals surface area contributed by atoms with E-state index in [2.05, 4.69) is 45.5 Å². The van der Waals surface area contributed by atoms with Crippen molar-refractivity contribution in [1.82, 2.24) is 20.1 Å². The Morgan fingerprint density at radius 1 is 1.00 bits per heavy atom. The molecule has 28 heavy (non-hydrogen) atoms. The fourth-order valence-electron chi connectivity index (χ4n) is 3.86. The maximum Gasteiger partial charge on any atom is 0.227 e. The van der Waals surface area contributed by atoms with Gasteiger partial charge in [0.25, 0.3) is 0 Å². The third kappa shape index (κ3) is 3.05. The second-order valence-electron chi connectivity index (χ2n) is 7.19. The van der Waals surface area contributed by atoms with Gasteiger partial charge >= 0.3 is 0 Å². The molecule has 0 saturated carbocycles. The number of hydrogen-bond acceptors (Lipinski definition) is 3. The molecule has 138 valence electrons. The monoisotopic (exact) mass is 368 g/mol. The number of benzene rings is 2. The average molecular weight is 368 g/mol. The van der Waals surface area contributed by atoms with Crippen LogP contribution in [0.4, 0.5) is 0 Å². The van der Waals surface area contributed by atoms with Crippen LogP contribution in [0.5, 0.6) is 0 Å². The summed E-state index contributed by atoms with van der Waals surface area (Å²) in [6, 6.07) is 18.6. The molecule has 1 amide bonds. The van der Waals surface area contributed by atoms with Crippen LogP contribution in [0.15, 0.2) is 67.0 Å². The second-order valence-corrected chi connectivity index (χ2v) is 7.19. The summed E-state index contributed by atoms with van der Waals surface area (Å²) < 4.78 is 0. The number of fused-ring (bicyclic) bond motifs is 2. The number of H-pyrrole nitrogens is 1. The molecular formula is C23H20N4O. The lowest BCUT2D eigenvalue weighted by atomic mass is 9.97. The minimum atomic E-state index is 0.157. The van der Waals surface area contributed by atoms with Crippen molar-refractivity contribution in [1.29, 1.82) is 0 Å². The zero-order valence-electron chi connectivity index (χ0n) is 15.4. The van der Waals surface area contributed by atoms with Crippen LogP contribution in [0.2, 0.25) is 0 Å². The summed E-state index contributed by atoms with van der Waals surface area (Å²) in [6.07, 6.45) is 4.80. The molecule has 2 aromatic heterocycles. The third-order valence-corrected chi connectivity index (χ3v) is 5.43. The molecule has 0 radical (unpaired) electrons. The van der Waals surface area contributed by atoms with Crippen LogP contribution < -0.4 is 0 Å². The molecule has 1 aliphatic heterocycles. The Morgan fingerprint density at radius 2 is 1.82 bits per heavy atom. The molecule has 1 aliphatic rings. The van der Waals surface area contributed by atoms with Gasteiger partial charge in [0, 0.05) is 30.1 Å². The van der Waals surface area contributed by atoms with Crippen LogP contribution in [0, 0.1) is 0 Å². The van der Waals surface area contributed by atoms with E-state index >= 15 is 0 Å². The molecule has 2 aromatic carbocycles. The molecule has 0 aliphatic carbocycles. The summed E-state index contributed by atoms with van der Waals surface area (Å²) in [5, 5.41) is 10.1. The van der Waals surface area contributed by atoms with Gasteiger partial charge in [-0.15, -0.1) is 0 Å². The second kappa shape index (κ2) is 6.93. The summed E-state index contributed by atoms with van der Waals surface area (Å²) in [5.41, 5.74) is 5.20. The van der Waals surface area contributed by atoms with Crippen molar-refractivity contribution in [2.24, 2.45) is 0 Å². The minimum Gasteiger partial charge on any atom is -0.336 e. The summed E-state index contributed by atoms with van der Waals surface area (Å²) >= 11 is 0. The Hall–Kier alpha value is -3.47. The van der Waals surface area contributed by atoms with E-state index in [1.54, 1.807) is 12.4 Å². The van der Waals surface area contributed by atoms with Crippen molar-refractivity contribution < 1.29 is 4.79 Å². The SMILES string of the molecule is O=C1Cc2c(-c3ccc4ccccc4c3)n[nH]c2CN1CCc1ccncc1. The highest BCUT2D eigenvalue weighted by Crippen LogP contribution is 2.30. The fraction of sp³-hybridized carbons (Fsp3) is 0.174. The number of pyridine rings is 1. The van der Waals surface area contributed by atoms with Crippen molar-refractivity contribution in [2.75, 3.05) is 6.54 Å². The fourth-order valence-corrected chi connectivity index (χ4v) is 3.86. The number of rotatable bonds is 4. The number of hydrogen-bond donors (Lipinski definition) is 1. The number of nitrogens with one attached hydrogen (secondary N) is 1. The molecular weight excluding hydrogens is 348 g/mol. The van der Waals surface area contributed by atoms with Gasteiger partial charge < -0.3 is 4.90 Å². The van der Waals surface area contributed by atoms with E-state index in [0.717, 1.165) is 28.9 Å². The van der Waals surface area contributed by atoms with Crippen LogP contribution in [-0.2, 0) is 24.2 Å². The Bertz CT molecular complexity index is 1150. The van der Waals surface area contributed by atoms with Gasteiger partial charge in [-0.1, -0.05) is 36.4 Å². The lowest BCUT2D eigenvalue weighted by molar-refractivity contribution is -0.131. The van der Waals surface area contributed by atoms with E-state index in [-0.39, 0.29) is 5.91 Å². The van der Waals surface area contributed by atoms with Gasteiger partial charge in [0.05, 0.1) is 24.4 Å². The molecule has 0 fully saturated rings. The number of amides is 1. The van der Waals surface area contributed by atoms with Crippen LogP contribution >= 0.6 is 0 Å². The molecule has 5 nitrogen and oxygen atoms in total. The first-order valence-corrected chi connectivity index (χ1v) is 9.50. The van der Waals surface area contributed by atoms with Crippen LogP contribution in [0.25, 0.3) is 22.0 Å². The molecule has 5 rings (SSSR count). The average Bonchev–Trinajstić information content (AvgIpc) is 3.15. The number of nitrogens with zero attached hydrogens (tertiary/aromatic N) is 3. The standard InChI is InChI=1S/C23H20N4O/c28-22-14-20-21(15-27(22)12-9-16-7-10-24-11-8-16)25-26-23(20)19-6-5-17-3-1-2-4-18(17)13-19/h1-8,10-11,13H,9,12,14-15H2,(H,25,26). The van der Waals surface area contributed by atoms with Gasteiger partial charge in [0.15, 0.2) is 0 Å². The first kappa shape index (κ1) is 16.7. The Morgan fingerprint density at radius 3 is 2.68 bits per heavy atom. The quantitative estimate of drug-likeness (QED) is 0.597. The zero-order chi connectivity index (χ0) is 18.9. The van der Waals surface area contributed by atoms with Gasteiger partial charge in [-0.25, -0.2) is 0 Å². The third-order valence-electron chi connectivity index (χ3n) is 5.43. The van der Waals surface area contributed by atoms with E-state index in [9.17, 15) is 4.79 Å². The maximum atomic E-state index is 12.7. The van der Waals surface area contributed by atoms with Crippen LogP contribution in [-0.4, -0.2) is 32.5 Å². The van der Waals surface area contributed by atoms with E-state index in [4.69, 9.17) is 0 Å². The van der Waals surface area contributed by atoms with Crippen molar-refractivity contribution in [2.45, 2.75) is 19.4 Å². The number of carbonyl (C=O) groups is 1. The lowest BCUT2D eigenvalue weighted by Crippen LogP contribution is -2.37. The van der Waals surface area contributed by atoms with E-state index < -0.39 is 0 Å². The molecule has 0 saturated heterocycles. The van der Waals surface area contributed by atoms with Crippen LogP contribution in [0.1, 0.15) is 16.8 Å². The minimum absolute atomic E-state index is 0.157. The zero-order valence-corrected chi connectivity index (χ0v) is 15.4. The van der Waals surface area contributed by atoms with Gasteiger partial charge in [-0.05, 0) is 41.0 Å². The predicted molar refractivity (Wildman–Crippen MR) is 109 cm³/mol. The topological polar surface area (TPSA) is 61.9 Å². The summed E-state index contributed by atoms with van der Waals surface area (Å²) in [5.74, 6) is 0.157. The van der Waals surface area contributed by atoms with Crippen molar-refractivity contribution >= 4 is 16.7 Å². The normalized spacial score (nSPS) is 13.7. The molecule has 0 spiro atoms. The number of aromatic amines is 1. The Kier molecular flexibility index (Phi) is 4.13. The molecule has 3 heterocycles. The van der Waals surface area contributed by atoms with Gasteiger partial charge in [-0.2, -0.15) is 5.10 Å². The molecule has 1 N–H and O–H groups in total. The largest absolute Gasteiger partial charge is 0.336 e. The highest BCUT2D eigenvalue weighted by atomic mass is 16.2.